The highest BCUT2D eigenvalue weighted by Gasteiger charge is 2.35. The lowest BCUT2D eigenvalue weighted by Crippen LogP contribution is -2.25. The first-order valence-electron chi connectivity index (χ1n) is 7.02. The van der Waals surface area contributed by atoms with Crippen molar-refractivity contribution in [2.75, 3.05) is 13.7 Å². The van der Waals surface area contributed by atoms with Crippen LogP contribution in [0, 0.1) is 17.1 Å². The number of hydrogen-bond acceptors (Lipinski definition) is 5. The minimum absolute atomic E-state index is 0.0454. The summed E-state index contributed by atoms with van der Waals surface area (Å²) in [5.41, 5.74) is 1.15. The second-order valence-electron chi connectivity index (χ2n) is 5.32. The molecule has 1 fully saturated rings. The van der Waals surface area contributed by atoms with E-state index in [1.807, 2.05) is 0 Å². The average Bonchev–Trinajstić information content (AvgIpc) is 3.17. The highest BCUT2D eigenvalue weighted by atomic mass is 19.1. The van der Waals surface area contributed by atoms with Crippen molar-refractivity contribution in [3.63, 3.8) is 0 Å². The summed E-state index contributed by atoms with van der Waals surface area (Å²) in [6.45, 7) is 1.26. The third kappa shape index (κ3) is 2.84. The zero-order valence-electron chi connectivity index (χ0n) is 12.2. The lowest BCUT2D eigenvalue weighted by atomic mass is 10.1. The topological polar surface area (TPSA) is 77.8 Å². The molecule has 1 N–H and O–H groups in total. The number of hydrogen-bond donors (Lipinski definition) is 1. The number of nitrogens with one attached hydrogen (secondary N) is 1. The fourth-order valence-electron chi connectivity index (χ4n) is 2.88. The molecule has 0 amide bonds. The Labute approximate surface area is 127 Å². The van der Waals surface area contributed by atoms with E-state index in [1.54, 1.807) is 13.2 Å². The van der Waals surface area contributed by atoms with Crippen molar-refractivity contribution in [2.24, 2.45) is 0 Å². The summed E-state index contributed by atoms with van der Waals surface area (Å²) in [5.74, 6) is 0.378. The monoisotopic (exact) mass is 301 g/mol. The summed E-state index contributed by atoms with van der Waals surface area (Å²) in [6, 6.07) is 6.40. The van der Waals surface area contributed by atoms with Crippen LogP contribution in [0.2, 0.25) is 0 Å². The zero-order valence-corrected chi connectivity index (χ0v) is 12.2. The van der Waals surface area contributed by atoms with Gasteiger partial charge in [0.15, 0.2) is 0 Å². The van der Waals surface area contributed by atoms with Crippen LogP contribution in [0.5, 0.6) is 0 Å². The van der Waals surface area contributed by atoms with Gasteiger partial charge >= 0.3 is 0 Å². The van der Waals surface area contributed by atoms with E-state index >= 15 is 0 Å². The predicted molar refractivity (Wildman–Crippen MR) is 76.1 cm³/mol. The molecule has 114 valence electrons. The Hall–Kier alpha value is -2.30. The van der Waals surface area contributed by atoms with Crippen molar-refractivity contribution >= 4 is 0 Å². The van der Waals surface area contributed by atoms with Crippen LogP contribution in [0.3, 0.4) is 0 Å². The molecule has 1 aliphatic rings. The van der Waals surface area contributed by atoms with Gasteiger partial charge in [0.05, 0.1) is 23.8 Å². The van der Waals surface area contributed by atoms with E-state index < -0.39 is 5.82 Å². The summed E-state index contributed by atoms with van der Waals surface area (Å²) in [4.78, 5) is 6.40. The van der Waals surface area contributed by atoms with E-state index in [9.17, 15) is 9.65 Å². The first kappa shape index (κ1) is 14.6. The van der Waals surface area contributed by atoms with Crippen LogP contribution in [0.1, 0.15) is 29.4 Å². The first-order valence-corrected chi connectivity index (χ1v) is 7.02. The van der Waals surface area contributed by atoms with Gasteiger partial charge in [0.2, 0.25) is 0 Å². The largest absolute Gasteiger partial charge is 0.380 e. The van der Waals surface area contributed by atoms with Crippen LogP contribution in [-0.4, -0.2) is 39.8 Å². The molecule has 6 nitrogen and oxygen atoms in total. The first-order chi connectivity index (χ1) is 10.7. The number of likely N-dealkylation sites (tertiary alicyclic amines) is 1. The van der Waals surface area contributed by atoms with E-state index in [2.05, 4.69) is 26.2 Å². The van der Waals surface area contributed by atoms with Gasteiger partial charge in [-0.15, -0.1) is 0 Å². The molecule has 0 radical (unpaired) electrons. The highest BCUT2D eigenvalue weighted by Crippen LogP contribution is 2.33. The van der Waals surface area contributed by atoms with Crippen molar-refractivity contribution in [1.29, 1.82) is 5.26 Å². The number of methoxy groups -OCH3 is 1. The number of nitriles is 1. The van der Waals surface area contributed by atoms with Crippen molar-refractivity contribution in [1.82, 2.24) is 20.1 Å². The molecule has 0 spiro atoms. The molecule has 0 aliphatic carbocycles. The van der Waals surface area contributed by atoms with Crippen LogP contribution >= 0.6 is 0 Å². The lowest BCUT2D eigenvalue weighted by molar-refractivity contribution is 0.107. The average molecular weight is 301 g/mol. The van der Waals surface area contributed by atoms with Crippen LogP contribution in [0.25, 0.3) is 0 Å². The van der Waals surface area contributed by atoms with Gasteiger partial charge in [-0.1, -0.05) is 6.07 Å². The molecule has 2 atom stereocenters. The van der Waals surface area contributed by atoms with Gasteiger partial charge in [0.25, 0.3) is 0 Å². The van der Waals surface area contributed by atoms with E-state index in [0.717, 1.165) is 24.4 Å². The van der Waals surface area contributed by atoms with Gasteiger partial charge < -0.3 is 4.74 Å². The lowest BCUT2D eigenvalue weighted by Gasteiger charge is -2.22. The Balaban J connectivity index is 1.85. The number of benzene rings is 1. The summed E-state index contributed by atoms with van der Waals surface area (Å²) < 4.78 is 18.7. The van der Waals surface area contributed by atoms with Gasteiger partial charge in [-0.05, 0) is 24.1 Å². The van der Waals surface area contributed by atoms with E-state index in [0.29, 0.717) is 12.1 Å². The van der Waals surface area contributed by atoms with Crippen LogP contribution in [-0.2, 0) is 11.3 Å². The number of halogens is 1. The molecule has 2 aromatic rings. The maximum absolute atomic E-state index is 13.3. The highest BCUT2D eigenvalue weighted by molar-refractivity contribution is 5.38. The summed E-state index contributed by atoms with van der Waals surface area (Å²) >= 11 is 0. The number of H-pyrrole nitrogens is 1. The zero-order chi connectivity index (χ0) is 15.5. The molecular weight excluding hydrogens is 285 g/mol. The number of rotatable bonds is 4. The van der Waals surface area contributed by atoms with Crippen LogP contribution < -0.4 is 0 Å². The molecule has 1 aromatic carbocycles. The minimum Gasteiger partial charge on any atom is -0.380 e. The molecule has 1 aromatic heterocycles. The molecule has 0 unspecified atom stereocenters. The van der Waals surface area contributed by atoms with Gasteiger partial charge in [0, 0.05) is 20.2 Å². The van der Waals surface area contributed by atoms with E-state index in [1.165, 1.54) is 18.5 Å². The maximum Gasteiger partial charge on any atom is 0.141 e. The molecule has 22 heavy (non-hydrogen) atoms. The molecule has 0 saturated carbocycles. The van der Waals surface area contributed by atoms with Gasteiger partial charge in [0.1, 0.15) is 18.0 Å². The Morgan fingerprint density at radius 3 is 3.09 bits per heavy atom. The third-order valence-corrected chi connectivity index (χ3v) is 4.01. The fraction of sp³-hybridized carbons (Fsp3) is 0.400. The Kier molecular flexibility index (Phi) is 4.13. The number of aromatic amines is 1. The quantitative estimate of drug-likeness (QED) is 0.931. The molecule has 0 bridgehead atoms. The Bertz CT molecular complexity index is 682. The van der Waals surface area contributed by atoms with Crippen molar-refractivity contribution in [3.8, 4) is 6.07 Å². The fourth-order valence-corrected chi connectivity index (χ4v) is 2.88. The Morgan fingerprint density at radius 2 is 2.41 bits per heavy atom. The summed E-state index contributed by atoms with van der Waals surface area (Å²) in [7, 11) is 1.68. The number of aromatic nitrogens is 3. The van der Waals surface area contributed by atoms with E-state index in [-0.39, 0.29) is 12.1 Å². The normalized spacial score (nSPS) is 21.9. The molecule has 1 saturated heterocycles. The molecule has 2 heterocycles. The van der Waals surface area contributed by atoms with Crippen molar-refractivity contribution in [2.45, 2.75) is 25.1 Å². The minimum atomic E-state index is -0.400. The summed E-state index contributed by atoms with van der Waals surface area (Å²) in [6.07, 6.45) is 2.38. The molecule has 1 aliphatic heterocycles. The smallest absolute Gasteiger partial charge is 0.141 e. The molecule has 3 rings (SSSR count). The SMILES string of the molecule is CO[C@@H]1C[C@@H](c2ncn[nH]2)N(Cc2ccc(F)cc2C#N)C1. The maximum atomic E-state index is 13.3. The second-order valence-corrected chi connectivity index (χ2v) is 5.32. The van der Waals surface area contributed by atoms with Crippen molar-refractivity contribution < 1.29 is 9.13 Å². The summed E-state index contributed by atoms with van der Waals surface area (Å²) in [5, 5.41) is 16.0. The van der Waals surface area contributed by atoms with Crippen LogP contribution in [0.15, 0.2) is 24.5 Å². The van der Waals surface area contributed by atoms with E-state index in [4.69, 9.17) is 4.74 Å². The van der Waals surface area contributed by atoms with Gasteiger partial charge in [-0.3, -0.25) is 10.00 Å². The predicted octanol–water partition coefficient (Wildman–Crippen LogP) is 1.78. The van der Waals surface area contributed by atoms with Gasteiger partial charge in [-0.25, -0.2) is 9.37 Å². The second kappa shape index (κ2) is 6.22. The van der Waals surface area contributed by atoms with Gasteiger partial charge in [-0.2, -0.15) is 10.4 Å². The number of nitrogens with zero attached hydrogens (tertiary/aromatic N) is 4. The molecule has 7 heteroatoms. The van der Waals surface area contributed by atoms with Crippen molar-refractivity contribution in [3.05, 3.63) is 47.3 Å². The third-order valence-electron chi connectivity index (χ3n) is 4.01. The Morgan fingerprint density at radius 1 is 1.55 bits per heavy atom. The molecular formula is C15H16FN5O. The number of ether oxygens (including phenoxy) is 1. The van der Waals surface area contributed by atoms with Crippen LogP contribution in [0.4, 0.5) is 4.39 Å². The standard InChI is InChI=1S/C15H16FN5O/c1-22-13-5-14(15-18-9-19-20-15)21(8-13)7-10-2-3-12(16)4-11(10)6-17/h2-4,9,13-14H,5,7-8H2,1H3,(H,18,19,20)/t13-,14+/m1/s1.